The van der Waals surface area contributed by atoms with Crippen LogP contribution < -0.4 is 9.47 Å². The summed E-state index contributed by atoms with van der Waals surface area (Å²) in [5.41, 5.74) is 5.71. The zero-order chi connectivity index (χ0) is 20.0. The minimum absolute atomic E-state index is 0. The van der Waals surface area contributed by atoms with Crippen molar-refractivity contribution in [3.05, 3.63) is 71.2 Å². The fourth-order valence-corrected chi connectivity index (χ4v) is 4.07. The van der Waals surface area contributed by atoms with E-state index in [0.717, 1.165) is 29.1 Å². The molecule has 0 unspecified atom stereocenters. The number of pyridine rings is 2. The highest BCUT2D eigenvalue weighted by molar-refractivity contribution is 5.91. The lowest BCUT2D eigenvalue weighted by atomic mass is 9.97. The predicted octanol–water partition coefficient (Wildman–Crippen LogP) is 6.21. The Balaban J connectivity index is 0.00000218. The summed E-state index contributed by atoms with van der Waals surface area (Å²) in [4.78, 5) is 9.47. The monoisotopic (exact) mass is 400 g/mol. The first-order valence-electron chi connectivity index (χ1n) is 10.1. The molecule has 0 atom stereocenters. The van der Waals surface area contributed by atoms with Crippen LogP contribution in [0.1, 0.15) is 48.7 Å². The molecular weight excluding hydrogens is 372 g/mol. The van der Waals surface area contributed by atoms with Gasteiger partial charge in [0.15, 0.2) is 11.5 Å². The molecule has 4 nitrogen and oxygen atoms in total. The van der Waals surface area contributed by atoms with Crippen molar-refractivity contribution in [3.8, 4) is 11.5 Å². The van der Waals surface area contributed by atoms with Gasteiger partial charge >= 0.3 is 0 Å². The van der Waals surface area contributed by atoms with Crippen LogP contribution in [0.5, 0.6) is 11.5 Å². The van der Waals surface area contributed by atoms with Crippen LogP contribution in [0.25, 0.3) is 21.7 Å². The molecule has 0 amide bonds. The summed E-state index contributed by atoms with van der Waals surface area (Å²) in [5, 5.41) is 3.54. The van der Waals surface area contributed by atoms with Crippen molar-refractivity contribution in [1.29, 1.82) is 0 Å². The molecule has 154 valence electrons. The molecule has 2 aromatic carbocycles. The number of fused-ring (bicyclic) bond motifs is 2. The van der Waals surface area contributed by atoms with E-state index in [1.165, 1.54) is 45.8 Å². The fraction of sp³-hybridized carbons (Fsp3) is 0.308. The van der Waals surface area contributed by atoms with Gasteiger partial charge in [0.25, 0.3) is 0 Å². The number of benzene rings is 2. The first kappa shape index (κ1) is 20.1. The zero-order valence-electron chi connectivity index (χ0n) is 17.0. The number of hydrogen-bond acceptors (Lipinski definition) is 4. The minimum Gasteiger partial charge on any atom is -0.493 e. The number of nitrogens with zero attached hydrogens (tertiary/aromatic N) is 2. The van der Waals surface area contributed by atoms with Crippen LogP contribution in [0.15, 0.2) is 48.7 Å². The molecule has 1 saturated carbocycles. The number of hydrogen-bond donors (Lipinski definition) is 0. The standard InChI is InChI=1S/C25H24N2O2.CH4/c1-15-4-6-18-10-16(5-9-22(18)27-15)11-19-14-26-25(17-7-8-17)21-13-24(29-3)23(28-2)12-20(19)21;/h4-6,9-10,12-14,17H,7-8,11H2,1-3H3;1H4. The van der Waals surface area contributed by atoms with Crippen LogP contribution in [0.2, 0.25) is 0 Å². The molecule has 2 heterocycles. The van der Waals surface area contributed by atoms with E-state index in [2.05, 4.69) is 47.4 Å². The van der Waals surface area contributed by atoms with E-state index in [-0.39, 0.29) is 7.43 Å². The number of methoxy groups -OCH3 is 2. The lowest BCUT2D eigenvalue weighted by molar-refractivity contribution is 0.356. The van der Waals surface area contributed by atoms with Crippen molar-refractivity contribution in [2.75, 3.05) is 14.2 Å². The molecule has 2 aromatic heterocycles. The molecule has 1 aliphatic carbocycles. The Hall–Kier alpha value is -3.14. The second kappa shape index (κ2) is 7.94. The predicted molar refractivity (Wildman–Crippen MR) is 123 cm³/mol. The maximum Gasteiger partial charge on any atom is 0.161 e. The summed E-state index contributed by atoms with van der Waals surface area (Å²) in [5.74, 6) is 2.08. The minimum atomic E-state index is 0. The average Bonchev–Trinajstić information content (AvgIpc) is 3.58. The number of aromatic nitrogens is 2. The zero-order valence-corrected chi connectivity index (χ0v) is 17.0. The summed E-state index contributed by atoms with van der Waals surface area (Å²) in [6.45, 7) is 2.02. The summed E-state index contributed by atoms with van der Waals surface area (Å²) >= 11 is 0. The van der Waals surface area contributed by atoms with E-state index >= 15 is 0 Å². The maximum absolute atomic E-state index is 5.58. The molecule has 0 bridgehead atoms. The second-order valence-corrected chi connectivity index (χ2v) is 7.85. The number of ether oxygens (including phenoxy) is 2. The van der Waals surface area contributed by atoms with Crippen LogP contribution in [-0.2, 0) is 6.42 Å². The van der Waals surface area contributed by atoms with Gasteiger partial charge in [-0.15, -0.1) is 0 Å². The third kappa shape index (κ3) is 3.58. The first-order chi connectivity index (χ1) is 14.2. The largest absolute Gasteiger partial charge is 0.493 e. The van der Waals surface area contributed by atoms with E-state index in [1.807, 2.05) is 13.1 Å². The van der Waals surface area contributed by atoms with Gasteiger partial charge in [0, 0.05) is 28.6 Å². The molecule has 0 spiro atoms. The second-order valence-electron chi connectivity index (χ2n) is 7.85. The lowest BCUT2D eigenvalue weighted by Crippen LogP contribution is -1.99. The number of rotatable bonds is 5. The van der Waals surface area contributed by atoms with Crippen molar-refractivity contribution >= 4 is 21.7 Å². The van der Waals surface area contributed by atoms with E-state index in [9.17, 15) is 0 Å². The molecule has 0 radical (unpaired) electrons. The van der Waals surface area contributed by atoms with Crippen LogP contribution in [0.3, 0.4) is 0 Å². The number of aryl methyl sites for hydroxylation is 1. The van der Waals surface area contributed by atoms with Gasteiger partial charge in [-0.05, 0) is 73.0 Å². The van der Waals surface area contributed by atoms with Gasteiger partial charge in [0.1, 0.15) is 0 Å². The van der Waals surface area contributed by atoms with Crippen LogP contribution in [0, 0.1) is 6.92 Å². The molecule has 0 N–H and O–H groups in total. The van der Waals surface area contributed by atoms with Crippen molar-refractivity contribution in [3.63, 3.8) is 0 Å². The Bertz CT molecular complexity index is 1230. The van der Waals surface area contributed by atoms with E-state index in [4.69, 9.17) is 14.5 Å². The van der Waals surface area contributed by atoms with Gasteiger partial charge in [0.2, 0.25) is 0 Å². The molecule has 4 heteroatoms. The van der Waals surface area contributed by atoms with Gasteiger partial charge in [-0.3, -0.25) is 9.97 Å². The molecule has 0 aliphatic heterocycles. The van der Waals surface area contributed by atoms with Crippen LogP contribution >= 0.6 is 0 Å². The average molecular weight is 401 g/mol. The Morgan fingerprint density at radius 3 is 2.37 bits per heavy atom. The van der Waals surface area contributed by atoms with Crippen molar-refractivity contribution in [2.45, 2.75) is 39.5 Å². The Labute approximate surface area is 177 Å². The maximum atomic E-state index is 5.58. The highest BCUT2D eigenvalue weighted by Gasteiger charge is 2.28. The van der Waals surface area contributed by atoms with Crippen LogP contribution in [-0.4, -0.2) is 24.2 Å². The summed E-state index contributed by atoms with van der Waals surface area (Å²) < 4.78 is 11.1. The van der Waals surface area contributed by atoms with Gasteiger partial charge in [-0.2, -0.15) is 0 Å². The third-order valence-corrected chi connectivity index (χ3v) is 5.76. The van der Waals surface area contributed by atoms with Crippen LogP contribution in [0.4, 0.5) is 0 Å². The van der Waals surface area contributed by atoms with Crippen molar-refractivity contribution in [1.82, 2.24) is 9.97 Å². The van der Waals surface area contributed by atoms with Gasteiger partial charge in [-0.25, -0.2) is 0 Å². The smallest absolute Gasteiger partial charge is 0.161 e. The summed E-state index contributed by atoms with van der Waals surface area (Å²) in [6.07, 6.45) is 5.28. The fourth-order valence-electron chi connectivity index (χ4n) is 4.07. The molecule has 1 fully saturated rings. The van der Waals surface area contributed by atoms with Gasteiger partial charge < -0.3 is 9.47 Å². The summed E-state index contributed by atoms with van der Waals surface area (Å²) in [7, 11) is 3.37. The molecule has 4 aromatic rings. The lowest BCUT2D eigenvalue weighted by Gasteiger charge is -2.15. The topological polar surface area (TPSA) is 44.2 Å². The Morgan fingerprint density at radius 1 is 0.933 bits per heavy atom. The molecule has 5 rings (SSSR count). The van der Waals surface area contributed by atoms with Crippen molar-refractivity contribution < 1.29 is 9.47 Å². The molecular formula is C26H28N2O2. The Morgan fingerprint density at radius 2 is 1.67 bits per heavy atom. The normalized spacial score (nSPS) is 13.3. The highest BCUT2D eigenvalue weighted by atomic mass is 16.5. The third-order valence-electron chi connectivity index (χ3n) is 5.76. The van der Waals surface area contributed by atoms with E-state index in [1.54, 1.807) is 14.2 Å². The van der Waals surface area contributed by atoms with E-state index < -0.39 is 0 Å². The van der Waals surface area contributed by atoms with Crippen molar-refractivity contribution in [2.24, 2.45) is 0 Å². The Kier molecular flexibility index (Phi) is 5.33. The SMILES string of the molecule is C.COc1cc2c(Cc3ccc4nc(C)ccc4c3)cnc(C3CC3)c2cc1OC. The summed E-state index contributed by atoms with van der Waals surface area (Å²) in [6, 6.07) is 14.9. The van der Waals surface area contributed by atoms with E-state index in [0.29, 0.717) is 5.92 Å². The van der Waals surface area contributed by atoms with Gasteiger partial charge in [-0.1, -0.05) is 19.6 Å². The van der Waals surface area contributed by atoms with Gasteiger partial charge in [0.05, 0.1) is 25.4 Å². The highest BCUT2D eigenvalue weighted by Crippen LogP contribution is 2.44. The molecule has 0 saturated heterocycles. The molecule has 30 heavy (non-hydrogen) atoms. The first-order valence-corrected chi connectivity index (χ1v) is 10.1. The molecule has 1 aliphatic rings. The quantitative estimate of drug-likeness (QED) is 0.399.